The molecular formula is C21H31F6N5S. The summed E-state index contributed by atoms with van der Waals surface area (Å²) in [6.45, 7) is 6.10. The van der Waals surface area contributed by atoms with E-state index in [1.54, 1.807) is 0 Å². The first-order valence-corrected chi connectivity index (χ1v) is 10.8. The molecule has 12 heteroatoms. The minimum atomic E-state index is -4.88. The average Bonchev–Trinajstić information content (AvgIpc) is 3.11. The van der Waals surface area contributed by atoms with Gasteiger partial charge in [-0.15, -0.1) is 0 Å². The van der Waals surface area contributed by atoms with E-state index in [1.165, 1.54) is 13.1 Å². The van der Waals surface area contributed by atoms with E-state index in [4.69, 9.17) is 17.6 Å². The molecule has 188 valence electrons. The average molecular weight is 500 g/mol. The molecule has 5 nitrogen and oxygen atoms in total. The number of halogens is 6. The monoisotopic (exact) mass is 499 g/mol. The number of nitrogens with one attached hydrogen (secondary N) is 3. The van der Waals surface area contributed by atoms with Crippen LogP contribution >= 0.6 is 12.2 Å². The summed E-state index contributed by atoms with van der Waals surface area (Å²) in [6, 6.07) is 1.41. The molecule has 3 N–H and O–H groups in total. The molecule has 0 aromatic heterocycles. The van der Waals surface area contributed by atoms with E-state index in [9.17, 15) is 26.3 Å². The van der Waals surface area contributed by atoms with Crippen molar-refractivity contribution in [2.75, 3.05) is 39.2 Å². The summed E-state index contributed by atoms with van der Waals surface area (Å²) in [5, 5.41) is 10.9. The van der Waals surface area contributed by atoms with Gasteiger partial charge < -0.3 is 16.0 Å². The predicted octanol–water partition coefficient (Wildman–Crippen LogP) is 5.43. The van der Waals surface area contributed by atoms with Crippen molar-refractivity contribution >= 4 is 29.7 Å². The number of rotatable bonds is 2. The summed E-state index contributed by atoms with van der Waals surface area (Å²) in [6.07, 6.45) is -4.87. The molecule has 1 saturated heterocycles. The van der Waals surface area contributed by atoms with Crippen molar-refractivity contribution in [3.8, 4) is 0 Å². The highest BCUT2D eigenvalue weighted by molar-refractivity contribution is 7.80. The fourth-order valence-corrected chi connectivity index (χ4v) is 3.81. The lowest BCUT2D eigenvalue weighted by Crippen LogP contribution is -2.38. The van der Waals surface area contributed by atoms with E-state index in [-0.39, 0.29) is 22.9 Å². The van der Waals surface area contributed by atoms with Gasteiger partial charge in [0.05, 0.1) is 17.8 Å². The van der Waals surface area contributed by atoms with E-state index in [0.717, 1.165) is 38.8 Å². The Morgan fingerprint density at radius 3 is 1.73 bits per heavy atom. The SMILES string of the molecule is C=N.CN1CCN(C)C1.FC(F)(F)c1cc(NC(=S)NC2CCCCC2)cc(C(F)(F)F)c1. The van der Waals surface area contributed by atoms with Gasteiger partial charge in [-0.2, -0.15) is 26.3 Å². The van der Waals surface area contributed by atoms with Crippen LogP contribution in [0.5, 0.6) is 0 Å². The van der Waals surface area contributed by atoms with Crippen molar-refractivity contribution in [3.05, 3.63) is 29.3 Å². The molecule has 0 unspecified atom stereocenters. The van der Waals surface area contributed by atoms with Crippen molar-refractivity contribution in [1.29, 1.82) is 5.41 Å². The van der Waals surface area contributed by atoms with Crippen LogP contribution in [-0.2, 0) is 12.4 Å². The standard InChI is InChI=1S/C15H16F6N2S.C5H12N2.CH3N/c16-14(17,18)9-6-10(15(19,20)21)8-12(7-9)23-13(24)22-11-4-2-1-3-5-11;1-6-3-4-7(2)5-6;1-2/h6-8,11H,1-5H2,(H2,22,23,24);3-5H2,1-2H3;2H,1H2. The van der Waals surface area contributed by atoms with Crippen LogP contribution in [-0.4, -0.2) is 61.5 Å². The first-order valence-electron chi connectivity index (χ1n) is 10.4. The normalized spacial score (nSPS) is 17.9. The molecule has 1 aliphatic heterocycles. The van der Waals surface area contributed by atoms with Crippen LogP contribution in [0.4, 0.5) is 32.0 Å². The third-order valence-corrected chi connectivity index (χ3v) is 5.35. The van der Waals surface area contributed by atoms with Gasteiger partial charge in [0.2, 0.25) is 0 Å². The van der Waals surface area contributed by atoms with Crippen molar-refractivity contribution in [2.24, 2.45) is 0 Å². The first kappa shape index (κ1) is 29.1. The molecule has 1 aromatic carbocycles. The van der Waals surface area contributed by atoms with Gasteiger partial charge in [-0.25, -0.2) is 0 Å². The summed E-state index contributed by atoms with van der Waals surface area (Å²) in [5.41, 5.74) is -3.09. The lowest BCUT2D eigenvalue weighted by atomic mass is 9.96. The van der Waals surface area contributed by atoms with E-state index in [0.29, 0.717) is 12.1 Å². The summed E-state index contributed by atoms with van der Waals surface area (Å²) in [7, 11) is 4.28. The Kier molecular flexibility index (Phi) is 11.5. The Morgan fingerprint density at radius 1 is 0.909 bits per heavy atom. The Bertz CT molecular complexity index is 709. The van der Waals surface area contributed by atoms with Crippen LogP contribution in [0.15, 0.2) is 18.2 Å². The molecule has 1 aliphatic carbocycles. The third kappa shape index (κ3) is 10.7. The predicted molar refractivity (Wildman–Crippen MR) is 123 cm³/mol. The second-order valence-electron chi connectivity index (χ2n) is 8.03. The molecule has 0 amide bonds. The lowest BCUT2D eigenvalue weighted by molar-refractivity contribution is -0.143. The number of hydrogen-bond acceptors (Lipinski definition) is 4. The number of likely N-dealkylation sites (N-methyl/N-ethyl adjacent to an activating group) is 2. The zero-order valence-electron chi connectivity index (χ0n) is 18.7. The van der Waals surface area contributed by atoms with Crippen LogP contribution in [0.3, 0.4) is 0 Å². The zero-order chi connectivity index (χ0) is 25.2. The van der Waals surface area contributed by atoms with Crippen LogP contribution in [0.2, 0.25) is 0 Å². The highest BCUT2D eigenvalue weighted by atomic mass is 32.1. The smallest absolute Gasteiger partial charge is 0.360 e. The van der Waals surface area contributed by atoms with Crippen molar-refractivity contribution in [2.45, 2.75) is 50.5 Å². The second-order valence-corrected chi connectivity index (χ2v) is 8.44. The molecular weight excluding hydrogens is 468 g/mol. The summed E-state index contributed by atoms with van der Waals surface area (Å²) in [5.74, 6) is 0. The molecule has 2 aliphatic rings. The van der Waals surface area contributed by atoms with Crippen LogP contribution < -0.4 is 10.6 Å². The Morgan fingerprint density at radius 2 is 1.36 bits per heavy atom. The molecule has 0 atom stereocenters. The van der Waals surface area contributed by atoms with Gasteiger partial charge in [0.15, 0.2) is 5.11 Å². The molecule has 1 saturated carbocycles. The fraction of sp³-hybridized carbons (Fsp3) is 0.619. The number of alkyl halides is 6. The van der Waals surface area contributed by atoms with Gasteiger partial charge in [0.1, 0.15) is 0 Å². The molecule has 1 heterocycles. The minimum Gasteiger partial charge on any atom is -0.360 e. The summed E-state index contributed by atoms with van der Waals surface area (Å²) >= 11 is 5.01. The zero-order valence-corrected chi connectivity index (χ0v) is 19.6. The number of thiocarbonyl (C=S) groups is 1. The number of hydrogen-bond donors (Lipinski definition) is 3. The van der Waals surface area contributed by atoms with Crippen molar-refractivity contribution in [3.63, 3.8) is 0 Å². The van der Waals surface area contributed by atoms with E-state index in [2.05, 4.69) is 41.2 Å². The Balaban J connectivity index is 0.000000508. The maximum atomic E-state index is 12.8. The molecule has 0 spiro atoms. The van der Waals surface area contributed by atoms with Crippen molar-refractivity contribution < 1.29 is 26.3 Å². The summed E-state index contributed by atoms with van der Waals surface area (Å²) < 4.78 is 76.8. The number of benzene rings is 1. The summed E-state index contributed by atoms with van der Waals surface area (Å²) in [4.78, 5) is 4.61. The molecule has 3 rings (SSSR count). The Labute approximate surface area is 196 Å². The lowest BCUT2D eigenvalue weighted by Gasteiger charge is -2.24. The topological polar surface area (TPSA) is 54.4 Å². The van der Waals surface area contributed by atoms with Gasteiger partial charge in [0.25, 0.3) is 0 Å². The molecule has 2 fully saturated rings. The Hall–Kier alpha value is -1.92. The van der Waals surface area contributed by atoms with Crippen molar-refractivity contribution in [1.82, 2.24) is 15.1 Å². The maximum Gasteiger partial charge on any atom is 0.416 e. The van der Waals surface area contributed by atoms with E-state index >= 15 is 0 Å². The molecule has 1 aromatic rings. The second kappa shape index (κ2) is 13.1. The van der Waals surface area contributed by atoms with Gasteiger partial charge >= 0.3 is 12.4 Å². The number of anilines is 1. The van der Waals surface area contributed by atoms with Gasteiger partial charge in [-0.05, 0) is 64.1 Å². The van der Waals surface area contributed by atoms with Gasteiger partial charge in [-0.3, -0.25) is 9.80 Å². The first-order chi connectivity index (χ1) is 15.3. The largest absolute Gasteiger partial charge is 0.416 e. The quantitative estimate of drug-likeness (QED) is 0.288. The number of nitrogens with zero attached hydrogens (tertiary/aromatic N) is 2. The highest BCUT2D eigenvalue weighted by Gasteiger charge is 2.37. The molecule has 0 bridgehead atoms. The van der Waals surface area contributed by atoms with E-state index in [1.807, 2.05) is 0 Å². The van der Waals surface area contributed by atoms with E-state index < -0.39 is 23.5 Å². The highest BCUT2D eigenvalue weighted by Crippen LogP contribution is 2.37. The van der Waals surface area contributed by atoms with Crippen LogP contribution in [0.1, 0.15) is 43.2 Å². The van der Waals surface area contributed by atoms with Gasteiger partial charge in [-0.1, -0.05) is 19.3 Å². The minimum absolute atomic E-state index is 0.0225. The van der Waals surface area contributed by atoms with Gasteiger partial charge in [0, 0.05) is 24.8 Å². The molecule has 0 radical (unpaired) electrons. The van der Waals surface area contributed by atoms with Crippen LogP contribution in [0, 0.1) is 5.41 Å². The fourth-order valence-electron chi connectivity index (χ4n) is 3.52. The third-order valence-electron chi connectivity index (χ3n) is 5.13. The maximum absolute atomic E-state index is 12.8. The molecule has 33 heavy (non-hydrogen) atoms. The van der Waals surface area contributed by atoms with Crippen LogP contribution in [0.25, 0.3) is 0 Å².